The Morgan fingerprint density at radius 2 is 1.76 bits per heavy atom. The van der Waals surface area contributed by atoms with Gasteiger partial charge in [0, 0.05) is 69.5 Å². The predicted octanol–water partition coefficient (Wildman–Crippen LogP) is 2.32. The average Bonchev–Trinajstić information content (AvgIpc) is 3.33. The summed E-state index contributed by atoms with van der Waals surface area (Å²) < 4.78 is 2.20. The molecule has 1 amide bonds. The van der Waals surface area contributed by atoms with E-state index in [9.17, 15) is 9.90 Å². The quantitative estimate of drug-likeness (QED) is 0.637. The van der Waals surface area contributed by atoms with Crippen molar-refractivity contribution in [3.8, 4) is 0 Å². The van der Waals surface area contributed by atoms with E-state index in [2.05, 4.69) is 55.7 Å². The lowest BCUT2D eigenvalue weighted by molar-refractivity contribution is 0.0493. The molecule has 0 fully saturated rings. The van der Waals surface area contributed by atoms with E-state index in [1.807, 2.05) is 23.4 Å². The van der Waals surface area contributed by atoms with Crippen LogP contribution in [0.2, 0.25) is 0 Å². The van der Waals surface area contributed by atoms with Crippen LogP contribution >= 0.6 is 0 Å². The summed E-state index contributed by atoms with van der Waals surface area (Å²) in [6.07, 6.45) is 5.18. The van der Waals surface area contributed by atoms with Crippen LogP contribution in [0.25, 0.3) is 0 Å². The molecule has 0 radical (unpaired) electrons. The van der Waals surface area contributed by atoms with Gasteiger partial charge in [0.05, 0.1) is 12.6 Å². The third-order valence-electron chi connectivity index (χ3n) is 7.48. The number of aliphatic hydroxyl groups excluding tert-OH is 1. The lowest BCUT2D eigenvalue weighted by Crippen LogP contribution is -2.46. The zero-order chi connectivity index (χ0) is 23.1. The molecule has 0 unspecified atom stereocenters. The molecule has 3 aromatic rings. The van der Waals surface area contributed by atoms with Gasteiger partial charge in [-0.2, -0.15) is 0 Å². The van der Waals surface area contributed by atoms with Gasteiger partial charge in [0.1, 0.15) is 5.82 Å². The number of aromatic nitrogens is 2. The number of amides is 1. The van der Waals surface area contributed by atoms with Gasteiger partial charge in [-0.05, 0) is 47.7 Å². The third kappa shape index (κ3) is 4.10. The number of imidazole rings is 1. The number of fused-ring (bicyclic) bond motifs is 3. The highest BCUT2D eigenvalue weighted by molar-refractivity contribution is 5.97. The summed E-state index contributed by atoms with van der Waals surface area (Å²) >= 11 is 0. The van der Waals surface area contributed by atoms with Gasteiger partial charge in [-0.15, -0.1) is 0 Å². The Hall–Kier alpha value is -3.16. The van der Waals surface area contributed by atoms with E-state index < -0.39 is 6.10 Å². The van der Waals surface area contributed by atoms with Crippen LogP contribution < -0.4 is 4.90 Å². The number of carbonyl (C=O) groups excluding carboxylic acids is 1. The molecule has 7 heteroatoms. The number of β-amino-alcohol motifs (C(OH)–C–C–N with tert-alkyl or cyclic N) is 1. The lowest BCUT2D eigenvalue weighted by atomic mass is 9.97. The van der Waals surface area contributed by atoms with Crippen molar-refractivity contribution < 1.29 is 9.90 Å². The van der Waals surface area contributed by atoms with Crippen molar-refractivity contribution in [2.24, 2.45) is 0 Å². The van der Waals surface area contributed by atoms with Crippen LogP contribution in [-0.4, -0.2) is 69.2 Å². The average molecular weight is 458 g/mol. The number of anilines is 1. The monoisotopic (exact) mass is 457 g/mol. The fourth-order valence-corrected chi connectivity index (χ4v) is 5.61. The summed E-state index contributed by atoms with van der Waals surface area (Å²) in [5.74, 6) is 1.11. The molecular weight excluding hydrogens is 426 g/mol. The zero-order valence-electron chi connectivity index (χ0n) is 19.4. The molecule has 34 heavy (non-hydrogen) atoms. The summed E-state index contributed by atoms with van der Waals surface area (Å²) in [4.78, 5) is 24.1. The van der Waals surface area contributed by atoms with Crippen LogP contribution in [0, 0.1) is 0 Å². The fourth-order valence-electron chi connectivity index (χ4n) is 5.61. The molecule has 0 spiro atoms. The smallest absolute Gasteiger partial charge is 0.254 e. The van der Waals surface area contributed by atoms with Crippen LogP contribution in [-0.2, 0) is 32.5 Å². The van der Waals surface area contributed by atoms with Gasteiger partial charge in [-0.25, -0.2) is 4.98 Å². The maximum absolute atomic E-state index is 13.2. The minimum absolute atomic E-state index is 0.0324. The minimum atomic E-state index is -0.549. The maximum Gasteiger partial charge on any atom is 0.254 e. The van der Waals surface area contributed by atoms with Crippen molar-refractivity contribution in [3.63, 3.8) is 0 Å². The number of hydrogen-bond donors (Lipinski definition) is 1. The number of carbonyl (C=O) groups is 1. The molecule has 0 aliphatic carbocycles. The molecule has 0 saturated carbocycles. The van der Waals surface area contributed by atoms with Crippen LogP contribution in [0.3, 0.4) is 0 Å². The van der Waals surface area contributed by atoms with Gasteiger partial charge in [0.15, 0.2) is 0 Å². The molecular formula is C27H31N5O2. The number of hydrogen-bond acceptors (Lipinski definition) is 5. The topological polar surface area (TPSA) is 64.8 Å². The summed E-state index contributed by atoms with van der Waals surface area (Å²) in [6.45, 7) is 6.10. The number of nitrogens with zero attached hydrogens (tertiary/aromatic N) is 5. The van der Waals surface area contributed by atoms with E-state index in [0.29, 0.717) is 19.6 Å². The van der Waals surface area contributed by atoms with Crippen LogP contribution in [0.5, 0.6) is 0 Å². The van der Waals surface area contributed by atoms with E-state index >= 15 is 0 Å². The van der Waals surface area contributed by atoms with Gasteiger partial charge in [-0.3, -0.25) is 9.69 Å². The van der Waals surface area contributed by atoms with E-state index in [4.69, 9.17) is 0 Å². The van der Waals surface area contributed by atoms with Crippen molar-refractivity contribution in [1.82, 2.24) is 19.4 Å². The van der Waals surface area contributed by atoms with E-state index in [-0.39, 0.29) is 5.91 Å². The van der Waals surface area contributed by atoms with Crippen molar-refractivity contribution in [2.75, 3.05) is 37.6 Å². The largest absolute Gasteiger partial charge is 0.390 e. The fraction of sp³-hybridized carbons (Fsp3) is 0.407. The van der Waals surface area contributed by atoms with Crippen molar-refractivity contribution in [3.05, 3.63) is 82.9 Å². The van der Waals surface area contributed by atoms with Crippen LogP contribution in [0.4, 0.5) is 5.69 Å². The van der Waals surface area contributed by atoms with Crippen molar-refractivity contribution >= 4 is 11.6 Å². The molecule has 7 nitrogen and oxygen atoms in total. The molecule has 1 atom stereocenters. The summed E-state index contributed by atoms with van der Waals surface area (Å²) in [5.41, 5.74) is 5.78. The van der Waals surface area contributed by atoms with E-state index in [1.165, 1.54) is 11.1 Å². The Labute approximate surface area is 200 Å². The summed E-state index contributed by atoms with van der Waals surface area (Å²) in [7, 11) is 0. The SMILES string of the molecule is O=C1c2ccc(N3CCn4ccnc4C3)cc2CCN1C[C@H](O)CN1CCc2ccccc2C1. The first-order valence-corrected chi connectivity index (χ1v) is 12.3. The van der Waals surface area contributed by atoms with Crippen molar-refractivity contribution in [1.29, 1.82) is 0 Å². The molecule has 4 heterocycles. The Morgan fingerprint density at radius 1 is 0.912 bits per heavy atom. The maximum atomic E-state index is 13.2. The van der Waals surface area contributed by atoms with Gasteiger partial charge >= 0.3 is 0 Å². The molecule has 1 aromatic heterocycles. The molecule has 0 saturated heterocycles. The Bertz CT molecular complexity index is 1210. The second-order valence-electron chi connectivity index (χ2n) is 9.71. The standard InChI is InChI=1S/C27H31N5O2/c33-24(17-29-10-7-20-3-1-2-4-22(20)16-29)18-32-11-8-21-15-23(5-6-25(21)27(32)34)31-14-13-30-12-9-28-26(30)19-31/h1-6,9,12,15,24,33H,7-8,10-11,13-14,16-19H2/t24-/m1/s1. The molecule has 2 aromatic carbocycles. The molecule has 3 aliphatic heterocycles. The van der Waals surface area contributed by atoms with Gasteiger partial charge in [0.2, 0.25) is 0 Å². The molecule has 1 N–H and O–H groups in total. The Morgan fingerprint density at radius 3 is 2.68 bits per heavy atom. The van der Waals surface area contributed by atoms with Gasteiger partial charge in [0.25, 0.3) is 5.91 Å². The predicted molar refractivity (Wildman–Crippen MR) is 131 cm³/mol. The summed E-state index contributed by atoms with van der Waals surface area (Å²) in [5, 5.41) is 10.8. The number of rotatable bonds is 5. The highest BCUT2D eigenvalue weighted by Gasteiger charge is 2.28. The first kappa shape index (κ1) is 21.4. The highest BCUT2D eigenvalue weighted by atomic mass is 16.3. The number of benzene rings is 2. The van der Waals surface area contributed by atoms with E-state index in [0.717, 1.165) is 68.2 Å². The lowest BCUT2D eigenvalue weighted by Gasteiger charge is -2.35. The normalized spacial score (nSPS) is 18.9. The van der Waals surface area contributed by atoms with E-state index in [1.54, 1.807) is 0 Å². The van der Waals surface area contributed by atoms with Gasteiger partial charge < -0.3 is 19.5 Å². The summed E-state index contributed by atoms with van der Waals surface area (Å²) in [6, 6.07) is 14.7. The zero-order valence-corrected chi connectivity index (χ0v) is 19.4. The van der Waals surface area contributed by atoms with Crippen molar-refractivity contribution in [2.45, 2.75) is 38.6 Å². The van der Waals surface area contributed by atoms with Crippen LogP contribution in [0.1, 0.15) is 32.9 Å². The first-order chi connectivity index (χ1) is 16.6. The second-order valence-corrected chi connectivity index (χ2v) is 9.71. The third-order valence-corrected chi connectivity index (χ3v) is 7.48. The second kappa shape index (κ2) is 8.89. The van der Waals surface area contributed by atoms with Gasteiger partial charge in [-0.1, -0.05) is 24.3 Å². The molecule has 6 rings (SSSR count). The molecule has 0 bridgehead atoms. The first-order valence-electron chi connectivity index (χ1n) is 12.3. The van der Waals surface area contributed by atoms with Crippen LogP contribution in [0.15, 0.2) is 54.9 Å². The molecule has 176 valence electrons. The molecule has 3 aliphatic rings. The minimum Gasteiger partial charge on any atom is -0.390 e. The number of aliphatic hydroxyl groups is 1. The highest BCUT2D eigenvalue weighted by Crippen LogP contribution is 2.27. The Kier molecular flexibility index (Phi) is 5.59. The Balaban J connectivity index is 1.08.